The van der Waals surface area contributed by atoms with Crippen LogP contribution in [-0.4, -0.2) is 64.1 Å². The lowest BCUT2D eigenvalue weighted by Crippen LogP contribution is -2.54. The lowest BCUT2D eigenvalue weighted by molar-refractivity contribution is -0.140. The fourth-order valence-corrected chi connectivity index (χ4v) is 5.22. The number of ether oxygens (including phenoxy) is 2. The van der Waals surface area contributed by atoms with E-state index in [-0.39, 0.29) is 35.0 Å². The van der Waals surface area contributed by atoms with Crippen molar-refractivity contribution in [3.63, 3.8) is 0 Å². The van der Waals surface area contributed by atoms with E-state index in [1.807, 2.05) is 37.3 Å². The molecule has 0 aromatic heterocycles. The maximum atomic E-state index is 13.5. The van der Waals surface area contributed by atoms with Crippen molar-refractivity contribution in [2.45, 2.75) is 43.7 Å². The Morgan fingerprint density at radius 1 is 1.21 bits per heavy atom. The third-order valence-electron chi connectivity index (χ3n) is 5.56. The van der Waals surface area contributed by atoms with Gasteiger partial charge in [-0.05, 0) is 36.6 Å². The molecule has 2 atom stereocenters. The van der Waals surface area contributed by atoms with Gasteiger partial charge in [0.25, 0.3) is 0 Å². The minimum atomic E-state index is -4.19. The van der Waals surface area contributed by atoms with Crippen molar-refractivity contribution in [3.8, 4) is 5.75 Å². The van der Waals surface area contributed by atoms with Crippen LogP contribution < -0.4 is 14.8 Å². The van der Waals surface area contributed by atoms with E-state index in [4.69, 9.17) is 9.47 Å². The highest BCUT2D eigenvalue weighted by molar-refractivity contribution is 7.89. The molecule has 2 aromatic carbocycles. The van der Waals surface area contributed by atoms with Gasteiger partial charge < -0.3 is 19.7 Å². The van der Waals surface area contributed by atoms with Crippen molar-refractivity contribution in [2.75, 3.05) is 32.1 Å². The van der Waals surface area contributed by atoms with E-state index in [1.54, 1.807) is 11.0 Å². The summed E-state index contributed by atoms with van der Waals surface area (Å²) < 4.78 is 40.4. The lowest BCUT2D eigenvalue weighted by atomic mass is 10.0. The normalized spacial score (nSPS) is 17.1. The Balaban J connectivity index is 1.93. The van der Waals surface area contributed by atoms with Gasteiger partial charge in [0, 0.05) is 25.7 Å². The number of rotatable bonds is 9. The summed E-state index contributed by atoms with van der Waals surface area (Å²) >= 11 is 0. The number of carbonyl (C=O) groups is 2. The zero-order valence-corrected chi connectivity index (χ0v) is 20.4. The SMILES string of the molecule is CC[C@@H]1CN(C(=O)[C@@H](Cc2ccccc2)NS(=O)(=O)c2cc(NC(C)=O)ccc2OC)CCO1. The first-order valence-corrected chi connectivity index (χ1v) is 12.6. The van der Waals surface area contributed by atoms with Gasteiger partial charge in [-0.2, -0.15) is 4.72 Å². The van der Waals surface area contributed by atoms with Crippen molar-refractivity contribution in [3.05, 3.63) is 54.1 Å². The van der Waals surface area contributed by atoms with Crippen molar-refractivity contribution < 1.29 is 27.5 Å². The summed E-state index contributed by atoms with van der Waals surface area (Å²) in [5, 5.41) is 2.57. The molecule has 184 valence electrons. The zero-order valence-electron chi connectivity index (χ0n) is 19.6. The van der Waals surface area contributed by atoms with Crippen LogP contribution in [0.5, 0.6) is 5.75 Å². The molecule has 0 radical (unpaired) electrons. The molecule has 0 unspecified atom stereocenters. The van der Waals surface area contributed by atoms with Crippen LogP contribution in [0.1, 0.15) is 25.8 Å². The highest BCUT2D eigenvalue weighted by Crippen LogP contribution is 2.28. The maximum Gasteiger partial charge on any atom is 0.245 e. The Kier molecular flexibility index (Phi) is 8.65. The number of methoxy groups -OCH3 is 1. The Morgan fingerprint density at radius 3 is 2.59 bits per heavy atom. The van der Waals surface area contributed by atoms with Crippen molar-refractivity contribution in [1.82, 2.24) is 9.62 Å². The fraction of sp³-hybridized carbons (Fsp3) is 0.417. The molecule has 9 nitrogen and oxygen atoms in total. The molecule has 2 aromatic rings. The highest BCUT2D eigenvalue weighted by Gasteiger charge is 2.33. The number of anilines is 1. The summed E-state index contributed by atoms with van der Waals surface area (Å²) in [4.78, 5) is 26.4. The summed E-state index contributed by atoms with van der Waals surface area (Å²) in [6.45, 7) is 4.52. The van der Waals surface area contributed by atoms with Crippen molar-refractivity contribution >= 4 is 27.5 Å². The van der Waals surface area contributed by atoms with Gasteiger partial charge in [-0.25, -0.2) is 8.42 Å². The monoisotopic (exact) mass is 489 g/mol. The Hall–Kier alpha value is -2.95. The van der Waals surface area contributed by atoms with Gasteiger partial charge in [0.1, 0.15) is 16.7 Å². The number of hydrogen-bond acceptors (Lipinski definition) is 6. The number of carbonyl (C=O) groups excluding carboxylic acids is 2. The van der Waals surface area contributed by atoms with Gasteiger partial charge in [0.2, 0.25) is 21.8 Å². The first kappa shape index (κ1) is 25.7. The number of morpholine rings is 1. The van der Waals surface area contributed by atoms with Crippen LogP contribution in [0.2, 0.25) is 0 Å². The van der Waals surface area contributed by atoms with E-state index in [1.165, 1.54) is 26.2 Å². The van der Waals surface area contributed by atoms with E-state index in [0.717, 1.165) is 12.0 Å². The van der Waals surface area contributed by atoms with Gasteiger partial charge in [0.05, 0.1) is 19.8 Å². The fourth-order valence-electron chi connectivity index (χ4n) is 3.83. The standard InChI is InChI=1S/C24H31N3O6S/c1-4-20-16-27(12-13-33-20)24(29)21(14-18-8-6-5-7-9-18)26-34(30,31)23-15-19(25-17(2)28)10-11-22(23)32-3/h5-11,15,20-21,26H,4,12-14,16H2,1-3H3,(H,25,28)/t20-,21-/m1/s1. The highest BCUT2D eigenvalue weighted by atomic mass is 32.2. The van der Waals surface area contributed by atoms with Crippen LogP contribution in [0.25, 0.3) is 0 Å². The third-order valence-corrected chi connectivity index (χ3v) is 7.05. The van der Waals surface area contributed by atoms with E-state index in [0.29, 0.717) is 25.4 Å². The molecule has 0 bridgehead atoms. The smallest absolute Gasteiger partial charge is 0.245 e. The summed E-state index contributed by atoms with van der Waals surface area (Å²) in [6.07, 6.45) is 0.855. The van der Waals surface area contributed by atoms with Crippen LogP contribution in [-0.2, 0) is 30.8 Å². The van der Waals surface area contributed by atoms with Gasteiger partial charge in [0.15, 0.2) is 0 Å². The predicted octanol–water partition coefficient (Wildman–Crippen LogP) is 2.18. The van der Waals surface area contributed by atoms with Gasteiger partial charge in [-0.3, -0.25) is 9.59 Å². The molecule has 1 saturated heterocycles. The summed E-state index contributed by atoms with van der Waals surface area (Å²) in [6, 6.07) is 12.5. The average molecular weight is 490 g/mol. The van der Waals surface area contributed by atoms with Crippen LogP contribution in [0.3, 0.4) is 0 Å². The number of benzene rings is 2. The maximum absolute atomic E-state index is 13.5. The Morgan fingerprint density at radius 2 is 1.94 bits per heavy atom. The minimum absolute atomic E-state index is 0.0823. The summed E-state index contributed by atoms with van der Waals surface area (Å²) in [5.74, 6) is -0.549. The first-order chi connectivity index (χ1) is 16.2. The number of amides is 2. The minimum Gasteiger partial charge on any atom is -0.495 e. The predicted molar refractivity (Wildman–Crippen MR) is 128 cm³/mol. The van der Waals surface area contributed by atoms with Crippen LogP contribution >= 0.6 is 0 Å². The topological polar surface area (TPSA) is 114 Å². The molecule has 34 heavy (non-hydrogen) atoms. The van der Waals surface area contributed by atoms with E-state index >= 15 is 0 Å². The number of hydrogen-bond donors (Lipinski definition) is 2. The van der Waals surface area contributed by atoms with Gasteiger partial charge in [-0.1, -0.05) is 37.3 Å². The van der Waals surface area contributed by atoms with Crippen molar-refractivity contribution in [2.24, 2.45) is 0 Å². The molecule has 0 aliphatic carbocycles. The Labute approximate surface area is 200 Å². The van der Waals surface area contributed by atoms with E-state index in [9.17, 15) is 18.0 Å². The van der Waals surface area contributed by atoms with E-state index < -0.39 is 16.1 Å². The molecule has 1 aliphatic heterocycles. The number of sulfonamides is 1. The molecular weight excluding hydrogens is 458 g/mol. The molecule has 1 fully saturated rings. The van der Waals surface area contributed by atoms with Crippen LogP contribution in [0.15, 0.2) is 53.4 Å². The second-order valence-electron chi connectivity index (χ2n) is 8.10. The number of nitrogens with zero attached hydrogens (tertiary/aromatic N) is 1. The molecule has 10 heteroatoms. The molecule has 1 aliphatic rings. The molecule has 2 amide bonds. The van der Waals surface area contributed by atoms with Gasteiger partial charge >= 0.3 is 0 Å². The third kappa shape index (κ3) is 6.55. The lowest BCUT2D eigenvalue weighted by Gasteiger charge is -2.35. The van der Waals surface area contributed by atoms with Gasteiger partial charge in [-0.15, -0.1) is 0 Å². The quantitative estimate of drug-likeness (QED) is 0.558. The molecular formula is C24H31N3O6S. The van der Waals surface area contributed by atoms with Crippen LogP contribution in [0, 0.1) is 0 Å². The number of nitrogens with one attached hydrogen (secondary N) is 2. The largest absolute Gasteiger partial charge is 0.495 e. The molecule has 2 N–H and O–H groups in total. The second kappa shape index (κ2) is 11.5. The Bertz CT molecular complexity index is 1110. The molecule has 3 rings (SSSR count). The second-order valence-corrected chi connectivity index (χ2v) is 9.78. The molecule has 0 saturated carbocycles. The summed E-state index contributed by atoms with van der Waals surface area (Å²) in [5.41, 5.74) is 1.13. The zero-order chi connectivity index (χ0) is 24.7. The van der Waals surface area contributed by atoms with E-state index in [2.05, 4.69) is 10.0 Å². The molecule has 1 heterocycles. The summed E-state index contributed by atoms with van der Waals surface area (Å²) in [7, 11) is -2.83. The molecule has 0 spiro atoms. The first-order valence-electron chi connectivity index (χ1n) is 11.2. The van der Waals surface area contributed by atoms with Crippen molar-refractivity contribution in [1.29, 1.82) is 0 Å². The average Bonchev–Trinajstić information content (AvgIpc) is 2.83. The van der Waals surface area contributed by atoms with Crippen LogP contribution in [0.4, 0.5) is 5.69 Å².